The van der Waals surface area contributed by atoms with Gasteiger partial charge in [0.2, 0.25) is 5.91 Å². The predicted molar refractivity (Wildman–Crippen MR) is 83.6 cm³/mol. The zero-order chi connectivity index (χ0) is 15.9. The van der Waals surface area contributed by atoms with Crippen LogP contribution in [-0.4, -0.2) is 30.7 Å². The number of carbonyl (C=O) groups is 1. The van der Waals surface area contributed by atoms with E-state index in [0.717, 1.165) is 12.2 Å². The van der Waals surface area contributed by atoms with Gasteiger partial charge in [0.25, 0.3) is 0 Å². The van der Waals surface area contributed by atoms with Crippen LogP contribution in [0.25, 0.3) is 0 Å². The van der Waals surface area contributed by atoms with E-state index in [1.165, 1.54) is 0 Å². The summed E-state index contributed by atoms with van der Waals surface area (Å²) in [6.45, 7) is 8.59. The molecular formula is C16H26N2O3. The lowest BCUT2D eigenvalue weighted by atomic mass is 10.0. The Kier molecular flexibility index (Phi) is 6.49. The fourth-order valence-electron chi connectivity index (χ4n) is 1.90. The Morgan fingerprint density at radius 1 is 1.24 bits per heavy atom. The van der Waals surface area contributed by atoms with E-state index in [1.807, 2.05) is 38.1 Å². The molecule has 5 nitrogen and oxygen atoms in total. The number of benzene rings is 1. The van der Waals surface area contributed by atoms with E-state index in [4.69, 9.17) is 15.2 Å². The van der Waals surface area contributed by atoms with Gasteiger partial charge in [-0.25, -0.2) is 0 Å². The van der Waals surface area contributed by atoms with Crippen LogP contribution >= 0.6 is 0 Å². The van der Waals surface area contributed by atoms with Gasteiger partial charge in [0, 0.05) is 6.04 Å². The molecule has 0 spiro atoms. The lowest BCUT2D eigenvalue weighted by Crippen LogP contribution is -2.59. The normalized spacial score (nSPS) is 13.8. The molecule has 5 heteroatoms. The quantitative estimate of drug-likeness (QED) is 0.731. The third kappa shape index (κ3) is 5.63. The molecular weight excluding hydrogens is 268 g/mol. The van der Waals surface area contributed by atoms with Gasteiger partial charge >= 0.3 is 0 Å². The molecule has 118 valence electrons. The molecule has 1 atom stereocenters. The zero-order valence-corrected chi connectivity index (χ0v) is 13.3. The van der Waals surface area contributed by atoms with Crippen LogP contribution in [0, 0.1) is 0 Å². The van der Waals surface area contributed by atoms with E-state index >= 15 is 0 Å². The van der Waals surface area contributed by atoms with E-state index in [0.29, 0.717) is 12.4 Å². The predicted octanol–water partition coefficient (Wildman–Crippen LogP) is 2.10. The van der Waals surface area contributed by atoms with Crippen molar-refractivity contribution >= 4 is 5.91 Å². The second-order valence-corrected chi connectivity index (χ2v) is 5.60. The summed E-state index contributed by atoms with van der Waals surface area (Å²) in [7, 11) is 0. The number of primary amides is 1. The molecule has 1 rings (SSSR count). The van der Waals surface area contributed by atoms with Crippen LogP contribution in [0.4, 0.5) is 0 Å². The summed E-state index contributed by atoms with van der Waals surface area (Å²) in [5.41, 5.74) is 4.56. The molecule has 1 aromatic rings. The van der Waals surface area contributed by atoms with E-state index in [2.05, 4.69) is 12.2 Å². The summed E-state index contributed by atoms with van der Waals surface area (Å²) >= 11 is 0. The fraction of sp³-hybridized carbons (Fsp3) is 0.562. The Hall–Kier alpha value is -1.75. The van der Waals surface area contributed by atoms with Crippen molar-refractivity contribution < 1.29 is 14.3 Å². The lowest BCUT2D eigenvalue weighted by Gasteiger charge is -2.29. The Morgan fingerprint density at radius 2 is 1.76 bits per heavy atom. The zero-order valence-electron chi connectivity index (χ0n) is 13.3. The standard InChI is InChI=1S/C16H26N2O3/c1-5-10-20-13-6-8-14(9-7-13)21-11-16(4,15(17)19)18-12(2)3/h6-9,12,18H,5,10-11H2,1-4H3,(H2,17,19). The summed E-state index contributed by atoms with van der Waals surface area (Å²) in [6.07, 6.45) is 0.968. The van der Waals surface area contributed by atoms with E-state index in [1.54, 1.807) is 6.92 Å². The first-order valence-corrected chi connectivity index (χ1v) is 7.30. The molecule has 0 radical (unpaired) electrons. The van der Waals surface area contributed by atoms with Crippen molar-refractivity contribution in [1.82, 2.24) is 5.32 Å². The highest BCUT2D eigenvalue weighted by atomic mass is 16.5. The van der Waals surface area contributed by atoms with Crippen LogP contribution in [0.5, 0.6) is 11.5 Å². The molecule has 21 heavy (non-hydrogen) atoms. The summed E-state index contributed by atoms with van der Waals surface area (Å²) in [5.74, 6) is 1.05. The average molecular weight is 294 g/mol. The molecule has 0 bridgehead atoms. The monoisotopic (exact) mass is 294 g/mol. The van der Waals surface area contributed by atoms with Crippen LogP contribution in [0.15, 0.2) is 24.3 Å². The highest BCUT2D eigenvalue weighted by Crippen LogP contribution is 2.19. The number of nitrogens with one attached hydrogen (secondary N) is 1. The van der Waals surface area contributed by atoms with Gasteiger partial charge in [-0.1, -0.05) is 6.92 Å². The molecule has 0 heterocycles. The van der Waals surface area contributed by atoms with Gasteiger partial charge in [-0.2, -0.15) is 0 Å². The van der Waals surface area contributed by atoms with Gasteiger partial charge in [-0.3, -0.25) is 10.1 Å². The van der Waals surface area contributed by atoms with Gasteiger partial charge in [0.05, 0.1) is 6.61 Å². The number of rotatable bonds is 9. The van der Waals surface area contributed by atoms with Crippen LogP contribution < -0.4 is 20.5 Å². The minimum Gasteiger partial charge on any atom is -0.494 e. The van der Waals surface area contributed by atoms with Gasteiger partial charge in [-0.05, 0) is 51.5 Å². The van der Waals surface area contributed by atoms with E-state index in [9.17, 15) is 4.79 Å². The Bertz CT molecular complexity index is 445. The molecule has 1 aromatic carbocycles. The molecule has 1 amide bonds. The third-order valence-corrected chi connectivity index (χ3v) is 2.98. The molecule has 0 aliphatic heterocycles. The topological polar surface area (TPSA) is 73.6 Å². The van der Waals surface area contributed by atoms with Crippen molar-refractivity contribution in [2.24, 2.45) is 5.73 Å². The van der Waals surface area contributed by atoms with Crippen molar-refractivity contribution in [3.05, 3.63) is 24.3 Å². The molecule has 0 aromatic heterocycles. The second kappa shape index (κ2) is 7.88. The summed E-state index contributed by atoms with van der Waals surface area (Å²) in [6, 6.07) is 7.48. The maximum Gasteiger partial charge on any atom is 0.240 e. The Balaban J connectivity index is 2.61. The number of hydrogen-bond donors (Lipinski definition) is 2. The first kappa shape index (κ1) is 17.3. The number of amides is 1. The van der Waals surface area contributed by atoms with Gasteiger partial charge < -0.3 is 15.2 Å². The SMILES string of the molecule is CCCOc1ccc(OCC(C)(NC(C)C)C(N)=O)cc1. The molecule has 0 aliphatic rings. The summed E-state index contributed by atoms with van der Waals surface area (Å²) in [4.78, 5) is 11.6. The number of hydrogen-bond acceptors (Lipinski definition) is 4. The van der Waals surface area contributed by atoms with Crippen LogP contribution in [-0.2, 0) is 4.79 Å². The molecule has 3 N–H and O–H groups in total. The minimum absolute atomic E-state index is 0.135. The molecule has 0 aliphatic carbocycles. The van der Waals surface area contributed by atoms with Crippen molar-refractivity contribution in [2.75, 3.05) is 13.2 Å². The fourth-order valence-corrected chi connectivity index (χ4v) is 1.90. The maximum atomic E-state index is 11.6. The molecule has 0 saturated heterocycles. The lowest BCUT2D eigenvalue weighted by molar-refractivity contribution is -0.125. The van der Waals surface area contributed by atoms with Gasteiger partial charge in [-0.15, -0.1) is 0 Å². The average Bonchev–Trinajstić information content (AvgIpc) is 2.43. The van der Waals surface area contributed by atoms with Crippen LogP contribution in [0.2, 0.25) is 0 Å². The van der Waals surface area contributed by atoms with Crippen molar-refractivity contribution in [3.63, 3.8) is 0 Å². The smallest absolute Gasteiger partial charge is 0.240 e. The first-order chi connectivity index (χ1) is 9.87. The molecule has 0 fully saturated rings. The van der Waals surface area contributed by atoms with Crippen molar-refractivity contribution in [2.45, 2.75) is 45.7 Å². The third-order valence-electron chi connectivity index (χ3n) is 2.98. The Morgan fingerprint density at radius 3 is 2.19 bits per heavy atom. The minimum atomic E-state index is -0.897. The van der Waals surface area contributed by atoms with E-state index in [-0.39, 0.29) is 12.6 Å². The second-order valence-electron chi connectivity index (χ2n) is 5.60. The van der Waals surface area contributed by atoms with Crippen LogP contribution in [0.3, 0.4) is 0 Å². The van der Waals surface area contributed by atoms with Crippen LogP contribution in [0.1, 0.15) is 34.1 Å². The number of ether oxygens (including phenoxy) is 2. The van der Waals surface area contributed by atoms with E-state index < -0.39 is 11.4 Å². The van der Waals surface area contributed by atoms with Gasteiger partial charge in [0.15, 0.2) is 0 Å². The highest BCUT2D eigenvalue weighted by Gasteiger charge is 2.32. The van der Waals surface area contributed by atoms with Gasteiger partial charge in [0.1, 0.15) is 23.6 Å². The van der Waals surface area contributed by atoms with Crippen molar-refractivity contribution in [3.8, 4) is 11.5 Å². The van der Waals surface area contributed by atoms with Crippen molar-refractivity contribution in [1.29, 1.82) is 0 Å². The highest BCUT2D eigenvalue weighted by molar-refractivity contribution is 5.84. The molecule has 1 unspecified atom stereocenters. The maximum absolute atomic E-state index is 11.6. The first-order valence-electron chi connectivity index (χ1n) is 7.30. The molecule has 0 saturated carbocycles. The number of nitrogens with two attached hydrogens (primary N) is 1. The summed E-state index contributed by atoms with van der Waals surface area (Å²) in [5, 5.41) is 3.14. The summed E-state index contributed by atoms with van der Waals surface area (Å²) < 4.78 is 11.2. The number of carbonyl (C=O) groups excluding carboxylic acids is 1. The largest absolute Gasteiger partial charge is 0.494 e. The Labute approximate surface area is 126 Å².